The minimum Gasteiger partial charge on any atom is -0.468 e. The van der Waals surface area contributed by atoms with E-state index in [-0.39, 0.29) is 5.69 Å². The fraction of sp³-hybridized carbons (Fsp3) is 0.636. The first kappa shape index (κ1) is 22.1. The van der Waals surface area contributed by atoms with Crippen LogP contribution in [0.5, 0.6) is 0 Å². The van der Waals surface area contributed by atoms with Crippen LogP contribution in [0.15, 0.2) is 12.1 Å². The van der Waals surface area contributed by atoms with E-state index in [1.54, 1.807) is 6.07 Å². The van der Waals surface area contributed by atoms with Gasteiger partial charge in [-0.3, -0.25) is 9.59 Å². The lowest BCUT2D eigenvalue weighted by atomic mass is 9.93. The molecule has 2 fully saturated rings. The molecule has 164 valence electrons. The van der Waals surface area contributed by atoms with Crippen LogP contribution < -0.4 is 4.90 Å². The van der Waals surface area contributed by atoms with Crippen molar-refractivity contribution in [3.8, 4) is 0 Å². The standard InChI is InChI=1S/C22H30N2O6/c1-4-5-14-30-19(25)15-6-7-16(17(20(26)28-2)21(27)29-3)23-18(15)24-12-10-22(8-9-22)11-13-24/h6-7,17H,4-5,8-14H2,1-3H3. The van der Waals surface area contributed by atoms with Crippen LogP contribution in [0.1, 0.15) is 67.4 Å². The molecule has 8 heteroatoms. The highest BCUT2D eigenvalue weighted by molar-refractivity contribution is 6.01. The molecular weight excluding hydrogens is 388 g/mol. The topological polar surface area (TPSA) is 95.0 Å². The summed E-state index contributed by atoms with van der Waals surface area (Å²) in [5, 5.41) is 0. The number of pyridine rings is 1. The molecule has 30 heavy (non-hydrogen) atoms. The van der Waals surface area contributed by atoms with Crippen LogP contribution in [-0.2, 0) is 23.8 Å². The van der Waals surface area contributed by atoms with E-state index in [0.29, 0.717) is 23.4 Å². The third kappa shape index (κ3) is 4.74. The van der Waals surface area contributed by atoms with E-state index in [1.807, 2.05) is 6.92 Å². The monoisotopic (exact) mass is 418 g/mol. The van der Waals surface area contributed by atoms with Crippen LogP contribution in [0.4, 0.5) is 5.82 Å². The van der Waals surface area contributed by atoms with Crippen LogP contribution in [-0.4, -0.2) is 56.8 Å². The highest BCUT2D eigenvalue weighted by Gasteiger charge is 2.45. The van der Waals surface area contributed by atoms with E-state index in [9.17, 15) is 14.4 Å². The molecule has 1 spiro atoms. The zero-order valence-electron chi connectivity index (χ0n) is 17.9. The Labute approximate surface area is 176 Å². The number of esters is 3. The number of anilines is 1. The highest BCUT2D eigenvalue weighted by Crippen LogP contribution is 2.54. The van der Waals surface area contributed by atoms with Gasteiger partial charge >= 0.3 is 17.9 Å². The maximum atomic E-state index is 12.7. The molecule has 0 amide bonds. The van der Waals surface area contributed by atoms with Gasteiger partial charge in [0.1, 0.15) is 11.4 Å². The Morgan fingerprint density at radius 3 is 2.23 bits per heavy atom. The molecule has 1 aromatic rings. The van der Waals surface area contributed by atoms with Crippen molar-refractivity contribution in [1.82, 2.24) is 4.98 Å². The van der Waals surface area contributed by atoms with Crippen molar-refractivity contribution in [2.24, 2.45) is 5.41 Å². The van der Waals surface area contributed by atoms with Crippen LogP contribution in [0.25, 0.3) is 0 Å². The SMILES string of the molecule is CCCCOC(=O)c1ccc(C(C(=O)OC)C(=O)OC)nc1N1CCC2(CC1)CC2. The Balaban J connectivity index is 1.93. The highest BCUT2D eigenvalue weighted by atomic mass is 16.5. The first-order valence-corrected chi connectivity index (χ1v) is 10.5. The molecule has 0 atom stereocenters. The number of nitrogens with zero attached hydrogens (tertiary/aromatic N) is 2. The number of hydrogen-bond acceptors (Lipinski definition) is 8. The lowest BCUT2D eigenvalue weighted by Crippen LogP contribution is -2.36. The van der Waals surface area contributed by atoms with Crippen molar-refractivity contribution < 1.29 is 28.6 Å². The van der Waals surface area contributed by atoms with Gasteiger partial charge in [0.05, 0.1) is 26.5 Å². The molecular formula is C22H30N2O6. The average molecular weight is 418 g/mol. The van der Waals surface area contributed by atoms with Crippen molar-refractivity contribution in [3.63, 3.8) is 0 Å². The smallest absolute Gasteiger partial charge is 0.341 e. The van der Waals surface area contributed by atoms with E-state index in [4.69, 9.17) is 14.2 Å². The maximum absolute atomic E-state index is 12.7. The number of ether oxygens (including phenoxy) is 3. The number of piperidine rings is 1. The van der Waals surface area contributed by atoms with E-state index in [1.165, 1.54) is 33.1 Å². The maximum Gasteiger partial charge on any atom is 0.341 e. The van der Waals surface area contributed by atoms with Crippen LogP contribution >= 0.6 is 0 Å². The number of carbonyl (C=O) groups excluding carboxylic acids is 3. The molecule has 1 saturated heterocycles. The van der Waals surface area contributed by atoms with E-state index in [2.05, 4.69) is 9.88 Å². The lowest BCUT2D eigenvalue weighted by molar-refractivity contribution is -0.154. The third-order valence-corrected chi connectivity index (χ3v) is 6.10. The molecule has 0 bridgehead atoms. The fourth-order valence-electron chi connectivity index (χ4n) is 3.85. The molecule has 1 aliphatic carbocycles. The van der Waals surface area contributed by atoms with E-state index < -0.39 is 23.8 Å². The molecule has 8 nitrogen and oxygen atoms in total. The first-order chi connectivity index (χ1) is 14.4. The molecule has 2 heterocycles. The van der Waals surface area contributed by atoms with Crippen LogP contribution in [0.2, 0.25) is 0 Å². The molecule has 0 N–H and O–H groups in total. The summed E-state index contributed by atoms with van der Waals surface area (Å²) in [4.78, 5) is 43.8. The number of unbranched alkanes of at least 4 members (excludes halogenated alkanes) is 1. The predicted octanol–water partition coefficient (Wildman–Crippen LogP) is 2.85. The Morgan fingerprint density at radius 1 is 1.07 bits per heavy atom. The third-order valence-electron chi connectivity index (χ3n) is 6.10. The first-order valence-electron chi connectivity index (χ1n) is 10.5. The average Bonchev–Trinajstić information content (AvgIpc) is 3.52. The second-order valence-electron chi connectivity index (χ2n) is 8.06. The minimum absolute atomic E-state index is 0.195. The normalized spacial score (nSPS) is 17.0. The molecule has 3 rings (SSSR count). The molecule has 0 aromatic carbocycles. The summed E-state index contributed by atoms with van der Waals surface area (Å²) in [7, 11) is 2.41. The van der Waals surface area contributed by atoms with Gasteiger partial charge in [-0.2, -0.15) is 0 Å². The largest absolute Gasteiger partial charge is 0.468 e. The van der Waals surface area contributed by atoms with Crippen molar-refractivity contribution in [2.45, 2.75) is 51.4 Å². The van der Waals surface area contributed by atoms with Crippen LogP contribution in [0, 0.1) is 5.41 Å². The number of methoxy groups -OCH3 is 2. The lowest BCUT2D eigenvalue weighted by Gasteiger charge is -2.34. The molecule has 0 radical (unpaired) electrons. The van der Waals surface area contributed by atoms with Crippen molar-refractivity contribution in [1.29, 1.82) is 0 Å². The second-order valence-corrected chi connectivity index (χ2v) is 8.06. The number of hydrogen-bond donors (Lipinski definition) is 0. The zero-order chi connectivity index (χ0) is 21.7. The number of carbonyl (C=O) groups is 3. The summed E-state index contributed by atoms with van der Waals surface area (Å²) in [5.74, 6) is -2.81. The van der Waals surface area contributed by atoms with Gasteiger partial charge in [0.2, 0.25) is 0 Å². The van der Waals surface area contributed by atoms with Gasteiger partial charge in [0.15, 0.2) is 5.92 Å². The second kappa shape index (κ2) is 9.45. The quantitative estimate of drug-likeness (QED) is 0.275. The van der Waals surface area contributed by atoms with Crippen LogP contribution in [0.3, 0.4) is 0 Å². The molecule has 0 unspecified atom stereocenters. The van der Waals surface area contributed by atoms with Crippen molar-refractivity contribution in [2.75, 3.05) is 38.8 Å². The Bertz CT molecular complexity index is 779. The summed E-state index contributed by atoms with van der Waals surface area (Å²) in [6.45, 7) is 3.91. The Morgan fingerprint density at radius 2 is 1.70 bits per heavy atom. The zero-order valence-corrected chi connectivity index (χ0v) is 17.9. The molecule has 1 aromatic heterocycles. The Kier molecular flexibility index (Phi) is 6.95. The van der Waals surface area contributed by atoms with Gasteiger partial charge in [-0.05, 0) is 49.7 Å². The Hall–Kier alpha value is -2.64. The molecule has 1 aliphatic heterocycles. The van der Waals surface area contributed by atoms with Gasteiger partial charge < -0.3 is 19.1 Å². The number of aromatic nitrogens is 1. The van der Waals surface area contributed by atoms with Gasteiger partial charge in [-0.15, -0.1) is 0 Å². The summed E-state index contributed by atoms with van der Waals surface area (Å²) >= 11 is 0. The fourth-order valence-corrected chi connectivity index (χ4v) is 3.85. The molecule has 1 saturated carbocycles. The van der Waals surface area contributed by atoms with Gasteiger partial charge in [-0.25, -0.2) is 9.78 Å². The predicted molar refractivity (Wildman–Crippen MR) is 109 cm³/mol. The summed E-state index contributed by atoms with van der Waals surface area (Å²) < 4.78 is 14.9. The van der Waals surface area contributed by atoms with Crippen molar-refractivity contribution in [3.05, 3.63) is 23.4 Å². The summed E-state index contributed by atoms with van der Waals surface area (Å²) in [5.41, 5.74) is 0.992. The van der Waals surface area contributed by atoms with Gasteiger partial charge in [0.25, 0.3) is 0 Å². The van der Waals surface area contributed by atoms with Gasteiger partial charge in [-0.1, -0.05) is 13.3 Å². The summed E-state index contributed by atoms with van der Waals surface area (Å²) in [6.07, 6.45) is 6.30. The minimum atomic E-state index is -1.30. The van der Waals surface area contributed by atoms with E-state index in [0.717, 1.165) is 38.8 Å². The van der Waals surface area contributed by atoms with E-state index >= 15 is 0 Å². The summed E-state index contributed by atoms with van der Waals surface area (Å²) in [6, 6.07) is 3.07. The van der Waals surface area contributed by atoms with Gasteiger partial charge in [0, 0.05) is 13.1 Å². The van der Waals surface area contributed by atoms with Crippen molar-refractivity contribution >= 4 is 23.7 Å². The number of rotatable bonds is 8. The molecule has 2 aliphatic rings.